The summed E-state index contributed by atoms with van der Waals surface area (Å²) in [6.07, 6.45) is 1.83. The summed E-state index contributed by atoms with van der Waals surface area (Å²) in [5, 5.41) is 18.0. The first-order chi connectivity index (χ1) is 17.7. The third kappa shape index (κ3) is 8.18. The van der Waals surface area contributed by atoms with Gasteiger partial charge in [0.15, 0.2) is 0 Å². The van der Waals surface area contributed by atoms with Gasteiger partial charge in [0.05, 0.1) is 19.2 Å². The molecule has 2 atom stereocenters. The van der Waals surface area contributed by atoms with Crippen LogP contribution in [0.3, 0.4) is 0 Å². The number of amides is 4. The van der Waals surface area contributed by atoms with Gasteiger partial charge in [-0.1, -0.05) is 36.4 Å². The number of fused-ring (bicyclic) bond motifs is 2. The first-order valence-electron chi connectivity index (χ1n) is 12.0. The first-order valence-corrected chi connectivity index (χ1v) is 12.0. The average molecular weight is 509 g/mol. The van der Waals surface area contributed by atoms with Gasteiger partial charge in [-0.25, -0.2) is 0 Å². The molecule has 0 aromatic heterocycles. The second-order valence-electron chi connectivity index (χ2n) is 8.67. The van der Waals surface area contributed by atoms with Gasteiger partial charge in [0, 0.05) is 24.7 Å². The van der Waals surface area contributed by atoms with Gasteiger partial charge in [0.25, 0.3) is 5.91 Å². The predicted octanol–water partition coefficient (Wildman–Crippen LogP) is 0.641. The molecule has 0 fully saturated rings. The highest BCUT2D eigenvalue weighted by Gasteiger charge is 2.26. The number of carbonyl (C=O) groups is 4. The Labute approximate surface area is 215 Å². The lowest BCUT2D eigenvalue weighted by Gasteiger charge is -2.23. The number of benzene rings is 2. The number of hydrogen-bond donors (Lipinski definition) is 4. The van der Waals surface area contributed by atoms with Gasteiger partial charge in [-0.05, 0) is 43.2 Å². The molecule has 2 bridgehead atoms. The van der Waals surface area contributed by atoms with Gasteiger partial charge in [-0.3, -0.25) is 19.2 Å². The van der Waals surface area contributed by atoms with Crippen LogP contribution in [0.1, 0.15) is 28.4 Å². The number of carbonyl (C=O) groups excluding carboxylic acids is 4. The normalized spacial score (nSPS) is 18.7. The molecule has 37 heavy (non-hydrogen) atoms. The highest BCUT2D eigenvalue weighted by Crippen LogP contribution is 2.20. The van der Waals surface area contributed by atoms with Crippen LogP contribution in [0.5, 0.6) is 5.75 Å². The summed E-state index contributed by atoms with van der Waals surface area (Å²) in [5.74, 6) is -1.51. The number of nitrogens with one attached hydrogen (secondary N) is 3. The highest BCUT2D eigenvalue weighted by atomic mass is 16.5. The summed E-state index contributed by atoms with van der Waals surface area (Å²) in [4.78, 5) is 52.3. The van der Waals surface area contributed by atoms with E-state index >= 15 is 0 Å². The fraction of sp³-hybridized carbons (Fsp3) is 0.333. The van der Waals surface area contributed by atoms with E-state index in [1.54, 1.807) is 24.3 Å². The Morgan fingerprint density at radius 1 is 1.11 bits per heavy atom. The monoisotopic (exact) mass is 508 g/mol. The minimum absolute atomic E-state index is 0.00785. The predicted molar refractivity (Wildman–Crippen MR) is 138 cm³/mol. The van der Waals surface area contributed by atoms with Crippen LogP contribution in [0, 0.1) is 6.92 Å². The van der Waals surface area contributed by atoms with Crippen LogP contribution in [0.15, 0.2) is 54.6 Å². The maximum absolute atomic E-state index is 12.9. The summed E-state index contributed by atoms with van der Waals surface area (Å²) in [6.45, 7) is 3.37. The molecule has 0 saturated carbocycles. The second kappa shape index (κ2) is 13.2. The number of hydrogen-bond acceptors (Lipinski definition) is 6. The Hall–Kier alpha value is -4.18. The topological polar surface area (TPSA) is 137 Å². The van der Waals surface area contributed by atoms with E-state index in [9.17, 15) is 24.3 Å². The van der Waals surface area contributed by atoms with Crippen molar-refractivity contribution in [2.45, 2.75) is 26.0 Å². The van der Waals surface area contributed by atoms with Crippen molar-refractivity contribution in [3.05, 3.63) is 71.3 Å². The maximum atomic E-state index is 12.9. The lowest BCUT2D eigenvalue weighted by atomic mass is 10.1. The van der Waals surface area contributed by atoms with Gasteiger partial charge in [-0.2, -0.15) is 0 Å². The number of aryl methyl sites for hydroxylation is 1. The summed E-state index contributed by atoms with van der Waals surface area (Å²) in [6, 6.07) is 12.9. The Morgan fingerprint density at radius 3 is 2.59 bits per heavy atom. The second-order valence-corrected chi connectivity index (χ2v) is 8.67. The fourth-order valence-electron chi connectivity index (χ4n) is 3.64. The average Bonchev–Trinajstić information content (AvgIpc) is 2.88. The van der Waals surface area contributed by atoms with E-state index in [1.165, 1.54) is 17.9 Å². The molecule has 1 aliphatic rings. The molecule has 0 saturated heterocycles. The molecular formula is C27H32N4O6. The molecule has 2 aromatic carbocycles. The molecule has 4 N–H and O–H groups in total. The molecule has 3 rings (SSSR count). The van der Waals surface area contributed by atoms with Crippen LogP contribution >= 0.6 is 0 Å². The molecule has 0 radical (unpaired) electrons. The number of ether oxygens (including phenoxy) is 1. The lowest BCUT2D eigenvalue weighted by Crippen LogP contribution is -2.53. The number of nitrogens with zero attached hydrogens (tertiary/aromatic N) is 1. The van der Waals surface area contributed by atoms with E-state index in [2.05, 4.69) is 16.0 Å². The summed E-state index contributed by atoms with van der Waals surface area (Å²) >= 11 is 0. The van der Waals surface area contributed by atoms with Crippen LogP contribution in [-0.2, 0) is 14.4 Å². The molecule has 10 nitrogen and oxygen atoms in total. The van der Waals surface area contributed by atoms with Gasteiger partial charge < -0.3 is 30.7 Å². The Morgan fingerprint density at radius 2 is 1.86 bits per heavy atom. The molecule has 10 heteroatoms. The van der Waals surface area contributed by atoms with Crippen LogP contribution in [0.2, 0.25) is 0 Å². The number of rotatable bonds is 3. The van der Waals surface area contributed by atoms with Crippen molar-refractivity contribution < 1.29 is 29.0 Å². The standard InChI is InChI=1S/C27H32N4O6/c1-18-8-10-21-16-22(18)37-15-13-28-23(33)17-31(24(34)11-9-20-6-4-3-5-7-20)14-12-29-27(36)25(19(2)32)30-26(21)35/h3-11,16,19,25,32H,12-15,17H2,1-2H3,(H,28,33)(H,29,36)(H,30,35)/t19-,25+/m1/s1. The van der Waals surface area contributed by atoms with E-state index < -0.39 is 29.9 Å². The number of aliphatic hydroxyl groups excluding tert-OH is 1. The molecule has 0 aliphatic carbocycles. The van der Waals surface area contributed by atoms with E-state index in [1.807, 2.05) is 37.3 Å². The SMILES string of the molecule is Cc1ccc2cc1OCCNC(=O)CN(C(=O)C=Cc1ccccc1)CCNC(=O)[C@H]([C@@H](C)O)NC2=O. The zero-order valence-corrected chi connectivity index (χ0v) is 20.9. The molecule has 0 spiro atoms. The van der Waals surface area contributed by atoms with Gasteiger partial charge in [0.2, 0.25) is 17.7 Å². The van der Waals surface area contributed by atoms with Crippen molar-refractivity contribution in [3.8, 4) is 5.75 Å². The van der Waals surface area contributed by atoms with Crippen molar-refractivity contribution in [2.24, 2.45) is 0 Å². The molecule has 2 aromatic rings. The van der Waals surface area contributed by atoms with Crippen molar-refractivity contribution in [1.29, 1.82) is 0 Å². The van der Waals surface area contributed by atoms with Crippen molar-refractivity contribution in [3.63, 3.8) is 0 Å². The van der Waals surface area contributed by atoms with Crippen LogP contribution < -0.4 is 20.7 Å². The Bertz CT molecular complexity index is 1150. The third-order valence-corrected chi connectivity index (χ3v) is 5.73. The summed E-state index contributed by atoms with van der Waals surface area (Å²) < 4.78 is 5.74. The van der Waals surface area contributed by atoms with E-state index in [-0.39, 0.29) is 44.3 Å². The van der Waals surface area contributed by atoms with E-state index in [0.29, 0.717) is 5.75 Å². The van der Waals surface area contributed by atoms with E-state index in [0.717, 1.165) is 11.1 Å². The van der Waals surface area contributed by atoms with Crippen molar-refractivity contribution in [1.82, 2.24) is 20.9 Å². The van der Waals surface area contributed by atoms with Crippen molar-refractivity contribution >= 4 is 29.7 Å². The van der Waals surface area contributed by atoms with E-state index in [4.69, 9.17) is 4.74 Å². The van der Waals surface area contributed by atoms with Crippen molar-refractivity contribution in [2.75, 3.05) is 32.8 Å². The third-order valence-electron chi connectivity index (χ3n) is 5.73. The zero-order valence-electron chi connectivity index (χ0n) is 20.9. The summed E-state index contributed by atoms with van der Waals surface area (Å²) in [7, 11) is 0. The zero-order chi connectivity index (χ0) is 26.8. The quantitative estimate of drug-likeness (QED) is 0.449. The summed E-state index contributed by atoms with van der Waals surface area (Å²) in [5.41, 5.74) is 1.87. The molecule has 4 amide bonds. The number of aliphatic hydroxyl groups is 1. The minimum Gasteiger partial charge on any atom is -0.491 e. The van der Waals surface area contributed by atoms with Gasteiger partial charge >= 0.3 is 0 Å². The largest absolute Gasteiger partial charge is 0.491 e. The minimum atomic E-state index is -1.22. The smallest absolute Gasteiger partial charge is 0.252 e. The van der Waals surface area contributed by atoms with Gasteiger partial charge in [-0.15, -0.1) is 0 Å². The van der Waals surface area contributed by atoms with Crippen LogP contribution in [0.25, 0.3) is 6.08 Å². The molecule has 1 aliphatic heterocycles. The van der Waals surface area contributed by atoms with Crippen LogP contribution in [-0.4, -0.2) is 78.6 Å². The highest BCUT2D eigenvalue weighted by molar-refractivity contribution is 5.98. The van der Waals surface area contributed by atoms with Crippen LogP contribution in [0.4, 0.5) is 0 Å². The molecule has 196 valence electrons. The molecule has 1 heterocycles. The first kappa shape index (κ1) is 27.4. The Balaban J connectivity index is 1.79. The Kier molecular flexibility index (Phi) is 9.79. The maximum Gasteiger partial charge on any atom is 0.252 e. The molecule has 0 unspecified atom stereocenters. The fourth-order valence-corrected chi connectivity index (χ4v) is 3.64. The lowest BCUT2D eigenvalue weighted by molar-refractivity contribution is -0.132. The van der Waals surface area contributed by atoms with Gasteiger partial charge in [0.1, 0.15) is 18.4 Å². The molecular weight excluding hydrogens is 476 g/mol.